The van der Waals surface area contributed by atoms with Gasteiger partial charge >= 0.3 is 11.8 Å². The highest BCUT2D eigenvalue weighted by atomic mass is 32.2. The van der Waals surface area contributed by atoms with E-state index in [9.17, 15) is 13.2 Å². The summed E-state index contributed by atoms with van der Waals surface area (Å²) in [5.74, 6) is -0.329. The van der Waals surface area contributed by atoms with Crippen LogP contribution >= 0.6 is 0 Å². The number of H-pyrrole nitrogens is 1. The van der Waals surface area contributed by atoms with Gasteiger partial charge in [0.15, 0.2) is 0 Å². The molecule has 0 saturated carbocycles. The first-order valence-corrected chi connectivity index (χ1v) is 10.4. The molecule has 0 bridgehead atoms. The number of nitrogens with one attached hydrogen (secondary N) is 2. The summed E-state index contributed by atoms with van der Waals surface area (Å²) in [7, 11) is -3.68. The van der Waals surface area contributed by atoms with E-state index in [-0.39, 0.29) is 35.2 Å². The Morgan fingerprint density at radius 2 is 2.11 bits per heavy atom. The SMILES string of the molecule is O=C(c1nnc(-c2cc(S(=O)(=O)NCC3CCCO3)c[nH]2)o1)N1CCCC1. The quantitative estimate of drug-likeness (QED) is 0.738. The normalized spacial score (nSPS) is 20.4. The van der Waals surface area contributed by atoms with Gasteiger partial charge in [0, 0.05) is 32.4 Å². The lowest BCUT2D eigenvalue weighted by atomic mass is 10.2. The first kappa shape index (κ1) is 18.1. The molecule has 0 radical (unpaired) electrons. The molecule has 146 valence electrons. The van der Waals surface area contributed by atoms with Gasteiger partial charge < -0.3 is 19.0 Å². The Hall–Kier alpha value is -2.24. The molecule has 2 aromatic rings. The molecule has 0 aliphatic carbocycles. The van der Waals surface area contributed by atoms with Crippen molar-refractivity contribution in [2.75, 3.05) is 26.2 Å². The van der Waals surface area contributed by atoms with E-state index in [1.54, 1.807) is 4.90 Å². The van der Waals surface area contributed by atoms with Gasteiger partial charge in [-0.15, -0.1) is 10.2 Å². The minimum atomic E-state index is -3.68. The minimum Gasteiger partial charge on any atom is -0.411 e. The van der Waals surface area contributed by atoms with Crippen molar-refractivity contribution in [1.29, 1.82) is 0 Å². The third-order valence-corrected chi connectivity index (χ3v) is 6.13. The number of carbonyl (C=O) groups is 1. The molecule has 2 aliphatic rings. The molecule has 4 heterocycles. The highest BCUT2D eigenvalue weighted by molar-refractivity contribution is 7.89. The number of nitrogens with zero attached hydrogens (tertiary/aromatic N) is 3. The summed E-state index contributed by atoms with van der Waals surface area (Å²) in [6.45, 7) is 2.25. The highest BCUT2D eigenvalue weighted by Crippen LogP contribution is 2.22. The Bertz CT molecular complexity index is 909. The molecule has 0 aromatic carbocycles. The summed E-state index contributed by atoms with van der Waals surface area (Å²) < 4.78 is 38.2. The van der Waals surface area contributed by atoms with Gasteiger partial charge in [-0.1, -0.05) is 0 Å². The molecule has 1 atom stereocenters. The second kappa shape index (κ2) is 7.41. The predicted octanol–water partition coefficient (Wildman–Crippen LogP) is 0.758. The van der Waals surface area contributed by atoms with E-state index >= 15 is 0 Å². The van der Waals surface area contributed by atoms with Crippen molar-refractivity contribution in [2.45, 2.75) is 36.7 Å². The van der Waals surface area contributed by atoms with E-state index in [0.29, 0.717) is 25.4 Å². The molecule has 11 heteroatoms. The van der Waals surface area contributed by atoms with Gasteiger partial charge in [0.25, 0.3) is 5.89 Å². The zero-order chi connectivity index (χ0) is 18.9. The van der Waals surface area contributed by atoms with Gasteiger partial charge in [-0.3, -0.25) is 4.79 Å². The fourth-order valence-corrected chi connectivity index (χ4v) is 4.28. The van der Waals surface area contributed by atoms with E-state index in [1.165, 1.54) is 12.3 Å². The molecule has 10 nitrogen and oxygen atoms in total. The molecule has 2 N–H and O–H groups in total. The van der Waals surface area contributed by atoms with Crippen LogP contribution in [0.3, 0.4) is 0 Å². The second-order valence-electron chi connectivity index (χ2n) is 6.65. The third kappa shape index (κ3) is 3.89. The van der Waals surface area contributed by atoms with Gasteiger partial charge in [0.2, 0.25) is 10.0 Å². The number of sulfonamides is 1. The molecule has 2 saturated heterocycles. The number of rotatable bonds is 6. The second-order valence-corrected chi connectivity index (χ2v) is 8.41. The fourth-order valence-electron chi connectivity index (χ4n) is 3.22. The maximum absolute atomic E-state index is 12.4. The minimum absolute atomic E-state index is 0.0566. The van der Waals surface area contributed by atoms with Crippen molar-refractivity contribution in [3.63, 3.8) is 0 Å². The number of aromatic nitrogens is 3. The largest absolute Gasteiger partial charge is 0.411 e. The molecule has 2 aliphatic heterocycles. The van der Waals surface area contributed by atoms with Gasteiger partial charge in [-0.05, 0) is 31.7 Å². The summed E-state index contributed by atoms with van der Waals surface area (Å²) in [4.78, 5) is 16.8. The van der Waals surface area contributed by atoms with Crippen LogP contribution in [0, 0.1) is 0 Å². The van der Waals surface area contributed by atoms with Gasteiger partial charge in [-0.2, -0.15) is 0 Å². The van der Waals surface area contributed by atoms with Crippen molar-refractivity contribution >= 4 is 15.9 Å². The first-order chi connectivity index (χ1) is 13.0. The van der Waals surface area contributed by atoms with Crippen molar-refractivity contribution < 1.29 is 22.4 Å². The molecule has 1 unspecified atom stereocenters. The Kier molecular flexibility index (Phi) is 4.98. The maximum Gasteiger partial charge on any atom is 0.311 e. The standard InChI is InChI=1S/C16H21N5O5S/c22-16(21-5-1-2-6-21)15-20-19-14(26-15)13-8-12(10-17-13)27(23,24)18-9-11-4-3-7-25-11/h8,10-11,17-18H,1-7,9H2. The third-order valence-electron chi connectivity index (χ3n) is 4.72. The van der Waals surface area contributed by atoms with Gasteiger partial charge in [0.05, 0.1) is 6.10 Å². The maximum atomic E-state index is 12.4. The van der Waals surface area contributed by atoms with Crippen LogP contribution < -0.4 is 4.72 Å². The van der Waals surface area contributed by atoms with E-state index in [2.05, 4.69) is 19.9 Å². The Morgan fingerprint density at radius 1 is 1.30 bits per heavy atom. The molecule has 0 spiro atoms. The van der Waals surface area contributed by atoms with Crippen LogP contribution in [0.2, 0.25) is 0 Å². The zero-order valence-corrected chi connectivity index (χ0v) is 15.5. The number of ether oxygens (including phenoxy) is 1. The van der Waals surface area contributed by atoms with E-state index in [0.717, 1.165) is 25.7 Å². The van der Waals surface area contributed by atoms with Gasteiger partial charge in [0.1, 0.15) is 10.6 Å². The summed E-state index contributed by atoms with van der Waals surface area (Å²) >= 11 is 0. The lowest BCUT2D eigenvalue weighted by Gasteiger charge is -2.11. The summed E-state index contributed by atoms with van der Waals surface area (Å²) in [6.07, 6.45) is 4.97. The number of amides is 1. The lowest BCUT2D eigenvalue weighted by Crippen LogP contribution is -2.31. The van der Waals surface area contributed by atoms with Crippen LogP contribution in [-0.4, -0.2) is 66.8 Å². The van der Waals surface area contributed by atoms with Crippen molar-refractivity contribution in [1.82, 2.24) is 24.8 Å². The van der Waals surface area contributed by atoms with Crippen LogP contribution in [-0.2, 0) is 14.8 Å². The Labute approximate surface area is 156 Å². The number of hydrogen-bond donors (Lipinski definition) is 2. The molecule has 4 rings (SSSR count). The average molecular weight is 395 g/mol. The van der Waals surface area contributed by atoms with Crippen LogP contribution in [0.25, 0.3) is 11.6 Å². The van der Waals surface area contributed by atoms with Crippen molar-refractivity contribution in [3.05, 3.63) is 18.2 Å². The summed E-state index contributed by atoms with van der Waals surface area (Å²) in [5.41, 5.74) is 0.334. The monoisotopic (exact) mass is 395 g/mol. The first-order valence-electron chi connectivity index (χ1n) is 8.96. The molecule has 1 amide bonds. The van der Waals surface area contributed by atoms with E-state index < -0.39 is 10.0 Å². The smallest absolute Gasteiger partial charge is 0.311 e. The van der Waals surface area contributed by atoms with Crippen LogP contribution in [0.5, 0.6) is 0 Å². The average Bonchev–Trinajstić information content (AvgIpc) is 3.46. The van der Waals surface area contributed by atoms with Crippen molar-refractivity contribution in [2.24, 2.45) is 0 Å². The molecule has 2 aromatic heterocycles. The Balaban J connectivity index is 1.45. The molecular weight excluding hydrogens is 374 g/mol. The lowest BCUT2D eigenvalue weighted by molar-refractivity contribution is 0.0754. The predicted molar refractivity (Wildman–Crippen MR) is 93.4 cm³/mol. The zero-order valence-electron chi connectivity index (χ0n) is 14.7. The molecule has 2 fully saturated rings. The Morgan fingerprint density at radius 3 is 2.85 bits per heavy atom. The number of carbonyl (C=O) groups excluding carboxylic acids is 1. The highest BCUT2D eigenvalue weighted by Gasteiger charge is 2.26. The van der Waals surface area contributed by atoms with E-state index in [1.807, 2.05) is 0 Å². The number of aromatic amines is 1. The number of likely N-dealkylation sites (tertiary alicyclic amines) is 1. The van der Waals surface area contributed by atoms with Gasteiger partial charge in [-0.25, -0.2) is 13.1 Å². The molecular formula is C16H21N5O5S. The summed E-state index contributed by atoms with van der Waals surface area (Å²) in [5, 5.41) is 7.64. The number of hydrogen-bond acceptors (Lipinski definition) is 7. The van der Waals surface area contributed by atoms with E-state index in [4.69, 9.17) is 9.15 Å². The van der Waals surface area contributed by atoms with Crippen molar-refractivity contribution in [3.8, 4) is 11.6 Å². The van der Waals surface area contributed by atoms with Crippen LogP contribution in [0.4, 0.5) is 0 Å². The van der Waals surface area contributed by atoms with Crippen LogP contribution in [0.1, 0.15) is 36.4 Å². The fraction of sp³-hybridized carbons (Fsp3) is 0.562. The molecule has 27 heavy (non-hydrogen) atoms. The van der Waals surface area contributed by atoms with Crippen LogP contribution in [0.15, 0.2) is 21.6 Å². The summed E-state index contributed by atoms with van der Waals surface area (Å²) in [6, 6.07) is 1.40. The topological polar surface area (TPSA) is 130 Å².